The Labute approximate surface area is 330 Å². The number of para-hydroxylation sites is 1. The Kier molecular flexibility index (Phi) is 6.94. The van der Waals surface area contributed by atoms with Crippen molar-refractivity contribution in [1.82, 2.24) is 4.57 Å². The summed E-state index contributed by atoms with van der Waals surface area (Å²) in [4.78, 5) is 0. The minimum atomic E-state index is 0.761. The molecule has 57 heavy (non-hydrogen) atoms. The summed E-state index contributed by atoms with van der Waals surface area (Å²) in [5, 5.41) is 12.6. The Morgan fingerprint density at radius 2 is 1.23 bits per heavy atom. The Bertz CT molecular complexity index is 3400. The van der Waals surface area contributed by atoms with E-state index in [2.05, 4.69) is 199 Å². The van der Waals surface area contributed by atoms with Gasteiger partial charge in [-0.15, -0.1) is 0 Å². The zero-order valence-corrected chi connectivity index (χ0v) is 31.4. The first-order valence-corrected chi connectivity index (χ1v) is 19.7. The van der Waals surface area contributed by atoms with E-state index in [1.165, 1.54) is 76.7 Å². The van der Waals surface area contributed by atoms with Crippen LogP contribution in [-0.4, -0.2) is 11.8 Å². The number of nitrogens with zero attached hydrogens (tertiary/aromatic N) is 1. The van der Waals surface area contributed by atoms with Gasteiger partial charge in [0.25, 0.3) is 0 Å². The van der Waals surface area contributed by atoms with Crippen LogP contribution in [0.4, 0.5) is 11.4 Å². The second-order valence-electron chi connectivity index (χ2n) is 15.4. The first kappa shape index (κ1) is 32.0. The van der Waals surface area contributed by atoms with Crippen molar-refractivity contribution < 1.29 is 4.42 Å². The predicted octanol–water partition coefficient (Wildman–Crippen LogP) is 12.6. The highest BCUT2D eigenvalue weighted by molar-refractivity contribution is 6.74. The van der Waals surface area contributed by atoms with Crippen LogP contribution < -0.4 is 16.2 Å². The third kappa shape index (κ3) is 4.80. The van der Waals surface area contributed by atoms with E-state index < -0.39 is 0 Å². The average molecular weight is 727 g/mol. The van der Waals surface area contributed by atoms with Crippen molar-refractivity contribution in [2.75, 3.05) is 5.32 Å². The molecule has 12 rings (SSSR count). The van der Waals surface area contributed by atoms with Gasteiger partial charge in [0.15, 0.2) is 7.28 Å². The number of furan rings is 1. The van der Waals surface area contributed by atoms with Crippen LogP contribution in [0, 0.1) is 6.92 Å². The molecule has 3 nitrogen and oxygen atoms in total. The molecule has 0 aliphatic carbocycles. The van der Waals surface area contributed by atoms with Gasteiger partial charge in [0, 0.05) is 55.4 Å². The van der Waals surface area contributed by atoms with E-state index in [4.69, 9.17) is 4.42 Å². The lowest BCUT2D eigenvalue weighted by Gasteiger charge is -2.25. The molecule has 1 aliphatic heterocycles. The largest absolute Gasteiger partial charge is 0.455 e. The molecule has 0 saturated carbocycles. The molecule has 266 valence electrons. The third-order valence-electron chi connectivity index (χ3n) is 12.0. The number of aromatic nitrogens is 1. The number of aryl methyl sites for hydroxylation is 1. The number of hydrogen-bond donors (Lipinski definition) is 1. The molecule has 0 spiro atoms. The van der Waals surface area contributed by atoms with Crippen molar-refractivity contribution in [2.24, 2.45) is 0 Å². The van der Waals surface area contributed by atoms with Crippen LogP contribution in [0.2, 0.25) is 0 Å². The number of anilines is 2. The van der Waals surface area contributed by atoms with E-state index in [1.807, 2.05) is 0 Å². The van der Waals surface area contributed by atoms with Gasteiger partial charge in [0.2, 0.25) is 0 Å². The highest BCUT2D eigenvalue weighted by Gasteiger charge is 2.31. The molecule has 11 aromatic rings. The molecular weight excluding hydrogens is 691 g/mol. The number of rotatable bonds is 5. The second kappa shape index (κ2) is 12.4. The van der Waals surface area contributed by atoms with Crippen LogP contribution in [0.5, 0.6) is 0 Å². The van der Waals surface area contributed by atoms with Crippen molar-refractivity contribution in [1.29, 1.82) is 0 Å². The number of hydrogen-bond acceptors (Lipinski definition) is 2. The summed E-state index contributed by atoms with van der Waals surface area (Å²) in [7, 11) is 0.761. The first-order valence-electron chi connectivity index (χ1n) is 19.7. The number of nitrogens with one attached hydrogen (secondary N) is 1. The Balaban J connectivity index is 1.22. The van der Waals surface area contributed by atoms with Crippen LogP contribution >= 0.6 is 0 Å². The fourth-order valence-corrected chi connectivity index (χ4v) is 9.54. The van der Waals surface area contributed by atoms with Crippen molar-refractivity contribution >= 4 is 83.9 Å². The Hall–Kier alpha value is -7.30. The topological polar surface area (TPSA) is 30.1 Å². The van der Waals surface area contributed by atoms with E-state index in [1.54, 1.807) is 0 Å². The van der Waals surface area contributed by atoms with Crippen LogP contribution in [0.25, 0.3) is 93.6 Å². The summed E-state index contributed by atoms with van der Waals surface area (Å²) in [5.41, 5.74) is 16.4. The Morgan fingerprint density at radius 1 is 0.544 bits per heavy atom. The highest BCUT2D eigenvalue weighted by atomic mass is 16.3. The smallest absolute Gasteiger partial charge is 0.198 e. The third-order valence-corrected chi connectivity index (χ3v) is 12.0. The van der Waals surface area contributed by atoms with Crippen LogP contribution in [-0.2, 0) is 0 Å². The lowest BCUT2D eigenvalue weighted by Crippen LogP contribution is -2.37. The summed E-state index contributed by atoms with van der Waals surface area (Å²) in [6.45, 7) is 2.13. The zero-order valence-electron chi connectivity index (χ0n) is 31.4. The molecule has 2 aromatic heterocycles. The molecule has 0 bridgehead atoms. The molecule has 1 aliphatic rings. The predicted molar refractivity (Wildman–Crippen MR) is 243 cm³/mol. The highest BCUT2D eigenvalue weighted by Crippen LogP contribution is 2.47. The molecule has 0 unspecified atom stereocenters. The zero-order chi connectivity index (χ0) is 37.6. The fraction of sp³-hybridized carbons (Fsp3) is 0.0189. The van der Waals surface area contributed by atoms with Gasteiger partial charge in [0.1, 0.15) is 11.3 Å². The van der Waals surface area contributed by atoms with Gasteiger partial charge in [-0.05, 0) is 81.5 Å². The van der Waals surface area contributed by atoms with E-state index in [0.29, 0.717) is 0 Å². The first-order chi connectivity index (χ1) is 28.2. The van der Waals surface area contributed by atoms with Crippen molar-refractivity contribution in [2.45, 2.75) is 6.92 Å². The summed E-state index contributed by atoms with van der Waals surface area (Å²) in [6, 6.07) is 65.9. The van der Waals surface area contributed by atoms with Crippen molar-refractivity contribution in [3.05, 3.63) is 188 Å². The molecule has 0 saturated heterocycles. The van der Waals surface area contributed by atoms with Gasteiger partial charge in [-0.2, -0.15) is 0 Å². The van der Waals surface area contributed by atoms with Crippen LogP contribution in [0.15, 0.2) is 186 Å². The molecule has 1 N–H and O–H groups in total. The Morgan fingerprint density at radius 3 is 2.04 bits per heavy atom. The van der Waals surface area contributed by atoms with Gasteiger partial charge in [-0.25, -0.2) is 0 Å². The van der Waals surface area contributed by atoms with E-state index in [0.717, 1.165) is 52.1 Å². The van der Waals surface area contributed by atoms with Gasteiger partial charge >= 0.3 is 0 Å². The van der Waals surface area contributed by atoms with E-state index in [9.17, 15) is 0 Å². The lowest BCUT2D eigenvalue weighted by molar-refractivity contribution is 0.632. The summed E-state index contributed by atoms with van der Waals surface area (Å²) in [6.07, 6.45) is 0. The lowest BCUT2D eigenvalue weighted by atomic mass is 9.58. The minimum Gasteiger partial charge on any atom is -0.455 e. The fourth-order valence-electron chi connectivity index (χ4n) is 9.54. The van der Waals surface area contributed by atoms with Gasteiger partial charge in [0.05, 0.1) is 5.52 Å². The number of fused-ring (bicyclic) bond motifs is 10. The van der Waals surface area contributed by atoms with Crippen molar-refractivity contribution in [3.63, 3.8) is 0 Å². The standard InChI is InChI=1S/C53H35BN2O/c1-32-24-27-36(28-25-32)55-43-23-13-12-22-40(43)48-38-20-10-11-21-39(38)50-49-37-19-9-8-14-33(37)26-29-44(49)56-45-30-41-46(31-42(45)54-51(48)52(50)56)57-53(35-17-6-3-7-18-35)47(41)34-15-4-2-5-16-34/h2-31,54-55H,1H3. The van der Waals surface area contributed by atoms with Gasteiger partial charge < -0.3 is 14.3 Å². The van der Waals surface area contributed by atoms with Crippen LogP contribution in [0.1, 0.15) is 5.56 Å². The van der Waals surface area contributed by atoms with Crippen molar-refractivity contribution in [3.8, 4) is 39.3 Å². The minimum absolute atomic E-state index is 0.761. The molecule has 9 aromatic carbocycles. The molecule has 0 atom stereocenters. The molecule has 0 fully saturated rings. The maximum atomic E-state index is 6.95. The normalized spacial score (nSPS) is 12.1. The van der Waals surface area contributed by atoms with E-state index in [-0.39, 0.29) is 0 Å². The maximum Gasteiger partial charge on any atom is 0.198 e. The SMILES string of the molecule is Cc1ccc(Nc2ccccc2-c2c3c4c(c5ccccc25)c2c5ccccc5ccc2n4-c2cc4c(-c5ccccc5)c(-c5ccccc5)oc4cc2B3)cc1. The average Bonchev–Trinajstić information content (AvgIpc) is 3.82. The van der Waals surface area contributed by atoms with E-state index >= 15 is 0 Å². The number of benzene rings is 9. The quantitative estimate of drug-likeness (QED) is 0.179. The molecule has 4 heteroatoms. The van der Waals surface area contributed by atoms with Crippen LogP contribution in [0.3, 0.4) is 0 Å². The van der Waals surface area contributed by atoms with Gasteiger partial charge in [-0.1, -0.05) is 157 Å². The summed E-state index contributed by atoms with van der Waals surface area (Å²) >= 11 is 0. The molecule has 0 amide bonds. The monoisotopic (exact) mass is 726 g/mol. The molecular formula is C53H35BN2O. The van der Waals surface area contributed by atoms with Gasteiger partial charge in [-0.3, -0.25) is 0 Å². The second-order valence-corrected chi connectivity index (χ2v) is 15.4. The summed E-state index contributed by atoms with van der Waals surface area (Å²) < 4.78 is 9.52. The molecule has 0 radical (unpaired) electrons. The summed E-state index contributed by atoms with van der Waals surface area (Å²) in [5.74, 6) is 0.896. The molecule has 3 heterocycles. The maximum absolute atomic E-state index is 6.95.